The Morgan fingerprint density at radius 1 is 1.09 bits per heavy atom. The van der Waals surface area contributed by atoms with Gasteiger partial charge < -0.3 is 5.73 Å². The van der Waals surface area contributed by atoms with Crippen LogP contribution in [-0.2, 0) is 0 Å². The van der Waals surface area contributed by atoms with Crippen LogP contribution in [0.4, 0.5) is 14.5 Å². The van der Waals surface area contributed by atoms with Crippen LogP contribution in [0.3, 0.4) is 0 Å². The van der Waals surface area contributed by atoms with E-state index in [2.05, 4.69) is 25.9 Å². The Hall–Kier alpha value is -1.79. The fourth-order valence-electron chi connectivity index (χ4n) is 2.22. The average molecular weight is 385 g/mol. The van der Waals surface area contributed by atoms with Gasteiger partial charge in [-0.15, -0.1) is 0 Å². The van der Waals surface area contributed by atoms with Crippen molar-refractivity contribution >= 4 is 44.8 Å². The number of hydrogen-bond donors (Lipinski definition) is 1. The molecule has 0 amide bonds. The third-order valence-corrected chi connectivity index (χ3v) is 4.54. The van der Waals surface area contributed by atoms with E-state index in [1.807, 2.05) is 0 Å². The molecule has 0 saturated heterocycles. The maximum absolute atomic E-state index is 14.2. The molecule has 112 valence electrons. The van der Waals surface area contributed by atoms with E-state index in [9.17, 15) is 8.78 Å². The van der Waals surface area contributed by atoms with Gasteiger partial charge in [0.2, 0.25) is 0 Å². The van der Waals surface area contributed by atoms with Gasteiger partial charge in [0.05, 0.1) is 28.5 Å². The monoisotopic (exact) mass is 383 g/mol. The molecule has 0 aromatic heterocycles. The molecule has 1 heterocycles. The normalized spacial score (nSPS) is 14.0. The first-order chi connectivity index (χ1) is 10.5. The van der Waals surface area contributed by atoms with E-state index in [4.69, 9.17) is 17.3 Å². The first-order valence-corrected chi connectivity index (χ1v) is 7.46. The SMILES string of the molecule is NC1=Nc2ccc(Cl)c(Br)c2C(c2c(F)cccc2F)=NC1. The van der Waals surface area contributed by atoms with Crippen LogP contribution in [0.2, 0.25) is 5.02 Å². The lowest BCUT2D eigenvalue weighted by molar-refractivity contribution is 0.579. The lowest BCUT2D eigenvalue weighted by atomic mass is 9.99. The highest BCUT2D eigenvalue weighted by molar-refractivity contribution is 9.10. The standard InChI is InChI=1S/C15H9BrClF2N3/c16-14-7(17)4-5-10-13(14)15(21-6-11(20)22-10)12-8(18)2-1-3-9(12)19/h1-5H,6H2,(H2,20,22). The summed E-state index contributed by atoms with van der Waals surface area (Å²) in [4.78, 5) is 8.45. The first kappa shape index (κ1) is 15.1. The number of rotatable bonds is 1. The molecule has 2 aromatic rings. The maximum Gasteiger partial charge on any atom is 0.135 e. The summed E-state index contributed by atoms with van der Waals surface area (Å²) in [5, 5.41) is 0.388. The minimum atomic E-state index is -0.711. The van der Waals surface area contributed by atoms with Gasteiger partial charge in [0.25, 0.3) is 0 Å². The Bertz CT molecular complexity index is 814. The zero-order chi connectivity index (χ0) is 15.9. The Balaban J connectivity index is 2.35. The Morgan fingerprint density at radius 3 is 2.45 bits per heavy atom. The fraction of sp³-hybridized carbons (Fsp3) is 0.0667. The highest BCUT2D eigenvalue weighted by Crippen LogP contribution is 2.37. The van der Waals surface area contributed by atoms with Gasteiger partial charge in [-0.3, -0.25) is 4.99 Å². The molecular weight excluding hydrogens is 376 g/mol. The molecule has 0 radical (unpaired) electrons. The molecule has 0 atom stereocenters. The highest BCUT2D eigenvalue weighted by atomic mass is 79.9. The summed E-state index contributed by atoms with van der Waals surface area (Å²) >= 11 is 9.44. The summed E-state index contributed by atoms with van der Waals surface area (Å²) in [5.74, 6) is -1.17. The highest BCUT2D eigenvalue weighted by Gasteiger charge is 2.24. The minimum Gasteiger partial charge on any atom is -0.386 e. The molecule has 22 heavy (non-hydrogen) atoms. The van der Waals surface area contributed by atoms with Crippen molar-refractivity contribution in [2.45, 2.75) is 0 Å². The summed E-state index contributed by atoms with van der Waals surface area (Å²) in [6.45, 7) is 0.0435. The Morgan fingerprint density at radius 2 is 1.77 bits per heavy atom. The predicted octanol–water partition coefficient (Wildman–Crippen LogP) is 4.22. The first-order valence-electron chi connectivity index (χ1n) is 6.29. The number of nitrogens with zero attached hydrogens (tertiary/aromatic N) is 2. The molecule has 2 N–H and O–H groups in total. The van der Waals surface area contributed by atoms with Crippen molar-refractivity contribution in [2.24, 2.45) is 15.7 Å². The second kappa shape index (κ2) is 5.78. The largest absolute Gasteiger partial charge is 0.386 e. The van der Waals surface area contributed by atoms with E-state index in [-0.39, 0.29) is 23.7 Å². The lowest BCUT2D eigenvalue weighted by Gasteiger charge is -2.13. The zero-order valence-electron chi connectivity index (χ0n) is 11.1. The summed E-state index contributed by atoms with van der Waals surface area (Å²) < 4.78 is 28.8. The summed E-state index contributed by atoms with van der Waals surface area (Å²) in [7, 11) is 0. The van der Waals surface area contributed by atoms with Crippen LogP contribution in [0, 0.1) is 11.6 Å². The third kappa shape index (κ3) is 2.53. The van der Waals surface area contributed by atoms with E-state index in [1.165, 1.54) is 18.2 Å². The quantitative estimate of drug-likeness (QED) is 0.786. The summed E-state index contributed by atoms with van der Waals surface area (Å²) in [6, 6.07) is 6.91. The van der Waals surface area contributed by atoms with Crippen LogP contribution in [0.1, 0.15) is 11.1 Å². The topological polar surface area (TPSA) is 50.7 Å². The molecule has 7 heteroatoms. The average Bonchev–Trinajstić information content (AvgIpc) is 2.63. The van der Waals surface area contributed by atoms with Gasteiger partial charge in [-0.05, 0) is 40.2 Å². The van der Waals surface area contributed by atoms with E-state index in [1.54, 1.807) is 12.1 Å². The molecule has 1 aliphatic rings. The van der Waals surface area contributed by atoms with Crippen LogP contribution in [0.5, 0.6) is 0 Å². The molecule has 0 unspecified atom stereocenters. The van der Waals surface area contributed by atoms with Crippen molar-refractivity contribution < 1.29 is 8.78 Å². The van der Waals surface area contributed by atoms with Gasteiger partial charge in [0.1, 0.15) is 17.5 Å². The van der Waals surface area contributed by atoms with Gasteiger partial charge >= 0.3 is 0 Å². The molecule has 0 bridgehead atoms. The fourth-order valence-corrected chi connectivity index (χ4v) is 2.90. The lowest BCUT2D eigenvalue weighted by Crippen LogP contribution is -2.15. The minimum absolute atomic E-state index is 0.0435. The Labute approximate surface area is 138 Å². The van der Waals surface area contributed by atoms with Crippen LogP contribution in [0.25, 0.3) is 0 Å². The number of amidine groups is 1. The van der Waals surface area contributed by atoms with E-state index >= 15 is 0 Å². The van der Waals surface area contributed by atoms with Gasteiger partial charge in [0.15, 0.2) is 0 Å². The number of halogens is 4. The smallest absolute Gasteiger partial charge is 0.135 e. The summed E-state index contributed by atoms with van der Waals surface area (Å²) in [5.41, 5.74) is 6.53. The summed E-state index contributed by atoms with van der Waals surface area (Å²) in [6.07, 6.45) is 0. The molecule has 0 fully saturated rings. The molecule has 0 spiro atoms. The molecule has 2 aromatic carbocycles. The molecule has 3 nitrogen and oxygen atoms in total. The van der Waals surface area contributed by atoms with Crippen molar-refractivity contribution in [1.29, 1.82) is 0 Å². The van der Waals surface area contributed by atoms with Crippen LogP contribution in [-0.4, -0.2) is 18.1 Å². The second-order valence-corrected chi connectivity index (χ2v) is 5.82. The zero-order valence-corrected chi connectivity index (χ0v) is 13.4. The number of nitrogens with two attached hydrogens (primary N) is 1. The molecular formula is C15H9BrClF2N3. The third-order valence-electron chi connectivity index (χ3n) is 3.17. The molecule has 0 saturated carbocycles. The van der Waals surface area contributed by atoms with Gasteiger partial charge in [-0.25, -0.2) is 13.8 Å². The number of hydrogen-bond acceptors (Lipinski definition) is 3. The van der Waals surface area contributed by atoms with Crippen molar-refractivity contribution in [3.05, 3.63) is 62.6 Å². The molecule has 1 aliphatic heterocycles. The number of benzene rings is 2. The Kier molecular flexibility index (Phi) is 3.97. The van der Waals surface area contributed by atoms with Crippen molar-refractivity contribution in [3.63, 3.8) is 0 Å². The molecule has 0 aliphatic carbocycles. The van der Waals surface area contributed by atoms with E-state index < -0.39 is 11.6 Å². The van der Waals surface area contributed by atoms with Crippen LogP contribution < -0.4 is 5.73 Å². The molecule has 3 rings (SSSR count). The van der Waals surface area contributed by atoms with Crippen molar-refractivity contribution in [1.82, 2.24) is 0 Å². The number of aliphatic imine (C=N–C) groups is 2. The van der Waals surface area contributed by atoms with Crippen LogP contribution in [0.15, 0.2) is 44.8 Å². The van der Waals surface area contributed by atoms with Gasteiger partial charge in [0, 0.05) is 10.0 Å². The van der Waals surface area contributed by atoms with E-state index in [0.717, 1.165) is 0 Å². The predicted molar refractivity (Wildman–Crippen MR) is 87.3 cm³/mol. The van der Waals surface area contributed by atoms with Crippen LogP contribution >= 0.6 is 27.5 Å². The van der Waals surface area contributed by atoms with Gasteiger partial charge in [-0.2, -0.15) is 0 Å². The second-order valence-electron chi connectivity index (χ2n) is 4.62. The number of fused-ring (bicyclic) bond motifs is 1. The van der Waals surface area contributed by atoms with Crippen molar-refractivity contribution in [2.75, 3.05) is 6.54 Å². The van der Waals surface area contributed by atoms with Gasteiger partial charge in [-0.1, -0.05) is 17.7 Å². The van der Waals surface area contributed by atoms with Crippen molar-refractivity contribution in [3.8, 4) is 0 Å². The van der Waals surface area contributed by atoms with E-state index in [0.29, 0.717) is 20.7 Å². The maximum atomic E-state index is 14.2.